The van der Waals surface area contributed by atoms with Crippen molar-refractivity contribution in [2.24, 2.45) is 0 Å². The summed E-state index contributed by atoms with van der Waals surface area (Å²) in [5, 5.41) is 22.9. The highest BCUT2D eigenvalue weighted by molar-refractivity contribution is 9.10. The molecule has 10 heteroatoms. The number of anilines is 1. The van der Waals surface area contributed by atoms with Crippen molar-refractivity contribution in [3.63, 3.8) is 0 Å². The van der Waals surface area contributed by atoms with Gasteiger partial charge in [-0.05, 0) is 70.8 Å². The number of benzene rings is 5. The zero-order valence-electron chi connectivity index (χ0n) is 25.7. The van der Waals surface area contributed by atoms with E-state index in [9.17, 15) is 14.7 Å². The molecule has 1 atom stereocenters. The second-order valence-electron chi connectivity index (χ2n) is 11.3. The Morgan fingerprint density at radius 3 is 2.50 bits per heavy atom. The first-order chi connectivity index (χ1) is 23.4. The molecule has 0 saturated carbocycles. The van der Waals surface area contributed by atoms with Crippen LogP contribution in [0.15, 0.2) is 130 Å². The lowest BCUT2D eigenvalue weighted by atomic mass is 9.95. The molecule has 1 N–H and O–H groups in total. The number of ether oxygens (including phenoxy) is 1. The number of aliphatic hydroxyl groups excluding tert-OH is 1. The molecule has 2 heterocycles. The quantitative estimate of drug-likeness (QED) is 0.0521. The second-order valence-corrected chi connectivity index (χ2v) is 14.4. The number of Topliss-reactive ketones (excluding diaryl/α,β-unsaturated/α-hetero) is 1. The van der Waals surface area contributed by atoms with E-state index in [2.05, 4.69) is 56.5 Å². The van der Waals surface area contributed by atoms with E-state index in [1.54, 1.807) is 24.3 Å². The van der Waals surface area contributed by atoms with E-state index in [1.807, 2.05) is 67.6 Å². The number of aliphatic hydroxyl groups is 1. The van der Waals surface area contributed by atoms with E-state index in [1.165, 1.54) is 33.4 Å². The predicted molar refractivity (Wildman–Crippen MR) is 194 cm³/mol. The van der Waals surface area contributed by atoms with Crippen molar-refractivity contribution in [1.82, 2.24) is 10.2 Å². The molecule has 7 rings (SSSR count). The number of hydrogen-bond donors (Lipinski definition) is 1. The summed E-state index contributed by atoms with van der Waals surface area (Å²) < 4.78 is 7.38. The van der Waals surface area contributed by atoms with Crippen molar-refractivity contribution in [2.75, 3.05) is 4.90 Å². The van der Waals surface area contributed by atoms with Crippen LogP contribution in [0.1, 0.15) is 33.9 Å². The average molecular weight is 735 g/mol. The third-order valence-corrected chi connectivity index (χ3v) is 10.7. The Kier molecular flexibility index (Phi) is 9.12. The van der Waals surface area contributed by atoms with Crippen molar-refractivity contribution >= 4 is 72.4 Å². The zero-order valence-corrected chi connectivity index (χ0v) is 28.9. The molecule has 1 amide bonds. The summed E-state index contributed by atoms with van der Waals surface area (Å²) in [6.07, 6.45) is 0. The molecule has 6 aromatic rings. The highest BCUT2D eigenvalue weighted by Crippen LogP contribution is 2.44. The van der Waals surface area contributed by atoms with E-state index < -0.39 is 17.7 Å². The Morgan fingerprint density at radius 1 is 0.917 bits per heavy atom. The molecule has 0 radical (unpaired) electrons. The van der Waals surface area contributed by atoms with Crippen LogP contribution in [0, 0.1) is 6.92 Å². The molecule has 1 aliphatic rings. The minimum Gasteiger partial charge on any atom is -0.507 e. The maximum absolute atomic E-state index is 13.7. The molecule has 0 aliphatic carbocycles. The van der Waals surface area contributed by atoms with Crippen LogP contribution in [0.2, 0.25) is 0 Å². The summed E-state index contributed by atoms with van der Waals surface area (Å²) in [6.45, 7) is 2.42. The number of aromatic nitrogens is 2. The Hall–Kier alpha value is -4.77. The minimum absolute atomic E-state index is 0.0216. The number of aryl methyl sites for hydroxylation is 1. The fourth-order valence-electron chi connectivity index (χ4n) is 5.77. The van der Waals surface area contributed by atoms with Crippen LogP contribution in [0.3, 0.4) is 0 Å². The van der Waals surface area contributed by atoms with Crippen LogP contribution in [-0.4, -0.2) is 27.0 Å². The number of fused-ring (bicyclic) bond motifs is 1. The molecule has 0 bridgehead atoms. The number of halogens is 1. The smallest absolute Gasteiger partial charge is 0.301 e. The lowest BCUT2D eigenvalue weighted by molar-refractivity contribution is -0.132. The van der Waals surface area contributed by atoms with Crippen molar-refractivity contribution in [3.05, 3.63) is 153 Å². The zero-order chi connectivity index (χ0) is 33.2. The molecule has 5 aromatic carbocycles. The Balaban J connectivity index is 1.18. The molecule has 1 aromatic heterocycles. The number of amides is 1. The molecule has 1 fully saturated rings. The largest absolute Gasteiger partial charge is 0.507 e. The van der Waals surface area contributed by atoms with Crippen LogP contribution in [0.5, 0.6) is 5.75 Å². The molecule has 1 aliphatic heterocycles. The molecule has 7 nitrogen and oxygen atoms in total. The molecule has 1 saturated heterocycles. The molecule has 48 heavy (non-hydrogen) atoms. The molecule has 1 unspecified atom stereocenters. The predicted octanol–water partition coefficient (Wildman–Crippen LogP) is 9.26. The fourth-order valence-corrected chi connectivity index (χ4v) is 8.06. The average Bonchev–Trinajstić information content (AvgIpc) is 3.67. The van der Waals surface area contributed by atoms with Crippen LogP contribution < -0.4 is 9.64 Å². The fraction of sp³-hybridized carbons (Fsp3) is 0.105. The van der Waals surface area contributed by atoms with Gasteiger partial charge in [-0.2, -0.15) is 0 Å². The topological polar surface area (TPSA) is 92.6 Å². The second kappa shape index (κ2) is 13.8. The van der Waals surface area contributed by atoms with E-state index in [4.69, 9.17) is 4.74 Å². The molecular formula is C38H28BrN3O4S2. The van der Waals surface area contributed by atoms with Crippen molar-refractivity contribution in [2.45, 2.75) is 29.7 Å². The van der Waals surface area contributed by atoms with Crippen molar-refractivity contribution < 1.29 is 19.4 Å². The number of carbonyl (C=O) groups is 2. The van der Waals surface area contributed by atoms with Gasteiger partial charge in [0.25, 0.3) is 5.78 Å². The summed E-state index contributed by atoms with van der Waals surface area (Å²) in [6, 6.07) is 35.8. The van der Waals surface area contributed by atoms with Gasteiger partial charge in [-0.3, -0.25) is 14.5 Å². The number of hydrogen-bond acceptors (Lipinski definition) is 8. The van der Waals surface area contributed by atoms with Crippen molar-refractivity contribution in [3.8, 4) is 5.75 Å². The third-order valence-electron chi connectivity index (χ3n) is 8.06. The first-order valence-electron chi connectivity index (χ1n) is 15.1. The highest BCUT2D eigenvalue weighted by atomic mass is 79.9. The summed E-state index contributed by atoms with van der Waals surface area (Å²) in [5.74, 6) is -0.575. The Morgan fingerprint density at radius 2 is 1.69 bits per heavy atom. The van der Waals surface area contributed by atoms with Gasteiger partial charge in [-0.1, -0.05) is 123 Å². The number of nitrogens with zero attached hydrogens (tertiary/aromatic N) is 3. The van der Waals surface area contributed by atoms with Gasteiger partial charge >= 0.3 is 5.91 Å². The lowest BCUT2D eigenvalue weighted by Gasteiger charge is -2.22. The summed E-state index contributed by atoms with van der Waals surface area (Å²) in [7, 11) is 0. The van der Waals surface area contributed by atoms with Crippen LogP contribution in [0.25, 0.3) is 16.5 Å². The van der Waals surface area contributed by atoms with Gasteiger partial charge < -0.3 is 9.84 Å². The van der Waals surface area contributed by atoms with Crippen LogP contribution in [0.4, 0.5) is 5.13 Å². The maximum Gasteiger partial charge on any atom is 0.301 e. The van der Waals surface area contributed by atoms with Gasteiger partial charge in [-0.25, -0.2) is 0 Å². The number of carbonyl (C=O) groups excluding carboxylic acids is 2. The Bertz CT molecular complexity index is 2190. The van der Waals surface area contributed by atoms with Gasteiger partial charge in [0.05, 0.1) is 11.6 Å². The van der Waals surface area contributed by atoms with Crippen LogP contribution in [-0.2, 0) is 21.9 Å². The van der Waals surface area contributed by atoms with Crippen LogP contribution >= 0.6 is 39.0 Å². The number of ketones is 1. The lowest BCUT2D eigenvalue weighted by Crippen LogP contribution is -2.29. The molecular weight excluding hydrogens is 706 g/mol. The SMILES string of the molecule is Cc1cccc(COc2ccc(C(O)=C3C(=O)C(=O)N(c4nnc(SCc5cccc6ccccc56)s4)C3c3cccc(Br)c3)cc2)c1. The monoisotopic (exact) mass is 733 g/mol. The summed E-state index contributed by atoms with van der Waals surface area (Å²) >= 11 is 6.27. The van der Waals surface area contributed by atoms with Gasteiger partial charge in [-0.15, -0.1) is 10.2 Å². The van der Waals surface area contributed by atoms with E-state index in [0.29, 0.717) is 33.6 Å². The number of thioether (sulfide) groups is 1. The van der Waals surface area contributed by atoms with Gasteiger partial charge in [0.15, 0.2) is 4.34 Å². The van der Waals surface area contributed by atoms with Crippen molar-refractivity contribution in [1.29, 1.82) is 0 Å². The molecule has 0 spiro atoms. The Labute approximate surface area is 294 Å². The van der Waals surface area contributed by atoms with Gasteiger partial charge in [0.1, 0.15) is 18.1 Å². The summed E-state index contributed by atoms with van der Waals surface area (Å²) in [4.78, 5) is 28.7. The third kappa shape index (κ3) is 6.51. The number of rotatable bonds is 9. The maximum atomic E-state index is 13.7. The first kappa shape index (κ1) is 31.8. The first-order valence-corrected chi connectivity index (χ1v) is 17.7. The summed E-state index contributed by atoms with van der Waals surface area (Å²) in [5.41, 5.74) is 4.37. The van der Waals surface area contributed by atoms with E-state index >= 15 is 0 Å². The normalized spacial score (nSPS) is 15.7. The minimum atomic E-state index is -0.913. The molecule has 238 valence electrons. The standard InChI is InChI=1S/C38H28BrN3O4S2/c1-23-7-4-8-24(19-23)21-46-30-17-15-26(16-18-30)34(43)32-33(27-11-6-13-29(39)20-27)42(36(45)35(32)44)37-40-41-38(48-37)47-22-28-12-5-10-25-9-2-3-14-31(25)28/h2-20,33,43H,21-22H2,1H3. The van der Waals surface area contributed by atoms with E-state index in [0.717, 1.165) is 26.5 Å². The van der Waals surface area contributed by atoms with E-state index in [-0.39, 0.29) is 16.5 Å². The van der Waals surface area contributed by atoms with Gasteiger partial charge in [0, 0.05) is 15.8 Å². The van der Waals surface area contributed by atoms with Gasteiger partial charge in [0.2, 0.25) is 5.13 Å². The highest BCUT2D eigenvalue weighted by Gasteiger charge is 2.48.